The van der Waals surface area contributed by atoms with Crippen molar-refractivity contribution in [2.45, 2.75) is 170 Å². The first-order chi connectivity index (χ1) is 16.8. The molecule has 0 aliphatic carbocycles. The fourth-order valence-electron chi connectivity index (χ4n) is 5.94. The molecule has 0 aliphatic heterocycles. The molecule has 0 amide bonds. The van der Waals surface area contributed by atoms with Crippen molar-refractivity contribution < 1.29 is 9.90 Å². The number of carboxylic acids is 1. The Morgan fingerprint density at radius 2 is 0.629 bits per heavy atom. The summed E-state index contributed by atoms with van der Waals surface area (Å²) in [6.45, 7) is 11.6. The SMILES string of the molecule is CC(=O)O.CCCCCCCCCCCCCCP(CCCC)(CCCC)(CCCC)CCCC. The maximum atomic E-state index is 9.00. The number of hydrogen-bond donors (Lipinski definition) is 1. The van der Waals surface area contributed by atoms with Gasteiger partial charge in [0.15, 0.2) is 0 Å². The predicted molar refractivity (Wildman–Crippen MR) is 165 cm³/mol. The molecule has 0 spiro atoms. The first-order valence-electron chi connectivity index (χ1n) is 16.0. The molecule has 2 nitrogen and oxygen atoms in total. The van der Waals surface area contributed by atoms with Crippen molar-refractivity contribution in [2.24, 2.45) is 0 Å². The number of carboxylic acid groups (broad SMARTS) is 1. The Morgan fingerprint density at radius 1 is 0.429 bits per heavy atom. The summed E-state index contributed by atoms with van der Waals surface area (Å²) >= 11 is 0. The summed E-state index contributed by atoms with van der Waals surface area (Å²) < 4.78 is 0. The van der Waals surface area contributed by atoms with Gasteiger partial charge < -0.3 is 5.11 Å². The van der Waals surface area contributed by atoms with Crippen LogP contribution in [0.2, 0.25) is 0 Å². The second kappa shape index (κ2) is 25.5. The van der Waals surface area contributed by atoms with Gasteiger partial charge in [-0.2, -0.15) is 0 Å². The van der Waals surface area contributed by atoms with Crippen LogP contribution >= 0.6 is 6.60 Å². The summed E-state index contributed by atoms with van der Waals surface area (Å²) in [5.74, 6) is -0.833. The monoisotopic (exact) mass is 517 g/mol. The third kappa shape index (κ3) is 21.7. The van der Waals surface area contributed by atoms with E-state index in [0.717, 1.165) is 6.92 Å². The second-order valence-corrected chi connectivity index (χ2v) is 18.4. The van der Waals surface area contributed by atoms with Gasteiger partial charge in [0.2, 0.25) is 0 Å². The van der Waals surface area contributed by atoms with Gasteiger partial charge in [-0.25, -0.2) is 0 Å². The number of aliphatic carboxylic acids is 1. The molecule has 0 rings (SSSR count). The van der Waals surface area contributed by atoms with Crippen molar-refractivity contribution in [3.8, 4) is 0 Å². The topological polar surface area (TPSA) is 37.3 Å². The molecular formula is C32H69O2P. The molecule has 0 unspecified atom stereocenters. The summed E-state index contributed by atoms with van der Waals surface area (Å²) in [4.78, 5) is 9.00. The summed E-state index contributed by atoms with van der Waals surface area (Å²) in [5.41, 5.74) is 0. The summed E-state index contributed by atoms with van der Waals surface area (Å²) in [6.07, 6.45) is 37.6. The fraction of sp³-hybridized carbons (Fsp3) is 0.969. The Balaban J connectivity index is 0. The Hall–Kier alpha value is -0.100. The van der Waals surface area contributed by atoms with Gasteiger partial charge in [-0.15, -0.1) is 0 Å². The molecule has 0 fully saturated rings. The minimum atomic E-state index is -1.52. The van der Waals surface area contributed by atoms with E-state index in [1.165, 1.54) is 122 Å². The Kier molecular flexibility index (Phi) is 27.0. The maximum absolute atomic E-state index is 9.00. The van der Waals surface area contributed by atoms with Crippen LogP contribution in [0, 0.1) is 0 Å². The van der Waals surface area contributed by atoms with E-state index in [1.54, 1.807) is 37.2 Å². The van der Waals surface area contributed by atoms with Crippen LogP contribution in [-0.4, -0.2) is 41.9 Å². The predicted octanol–water partition coefficient (Wildman–Crippen LogP) is 11.5. The van der Waals surface area contributed by atoms with Crippen molar-refractivity contribution in [2.75, 3.05) is 30.8 Å². The number of unbranched alkanes of at least 4 members (excludes halogenated alkanes) is 15. The zero-order valence-corrected chi connectivity index (χ0v) is 26.4. The van der Waals surface area contributed by atoms with Crippen LogP contribution in [0.5, 0.6) is 0 Å². The third-order valence-electron chi connectivity index (χ3n) is 8.22. The van der Waals surface area contributed by atoms with Crippen LogP contribution in [0.4, 0.5) is 0 Å². The van der Waals surface area contributed by atoms with Crippen LogP contribution in [0.25, 0.3) is 0 Å². The fourth-order valence-corrected chi connectivity index (χ4v) is 14.1. The van der Waals surface area contributed by atoms with Crippen LogP contribution < -0.4 is 0 Å². The van der Waals surface area contributed by atoms with E-state index in [4.69, 9.17) is 9.90 Å². The molecule has 1 N–H and O–H groups in total. The molecule has 0 atom stereocenters. The number of hydrogen-bond acceptors (Lipinski definition) is 1. The van der Waals surface area contributed by atoms with Gasteiger partial charge in [0, 0.05) is 6.92 Å². The summed E-state index contributed by atoms with van der Waals surface area (Å²) in [5, 5.41) is 7.42. The van der Waals surface area contributed by atoms with Gasteiger partial charge in [0.05, 0.1) is 0 Å². The molecule has 0 aromatic heterocycles. The second-order valence-electron chi connectivity index (χ2n) is 11.7. The van der Waals surface area contributed by atoms with E-state index < -0.39 is 12.6 Å². The van der Waals surface area contributed by atoms with Gasteiger partial charge >= 0.3 is 187 Å². The van der Waals surface area contributed by atoms with Crippen LogP contribution in [0.3, 0.4) is 0 Å². The van der Waals surface area contributed by atoms with E-state index in [1.807, 2.05) is 0 Å². The first-order valence-corrected chi connectivity index (χ1v) is 19.2. The quantitative estimate of drug-likeness (QED) is 0.0967. The zero-order valence-electron chi connectivity index (χ0n) is 25.5. The molecule has 3 heteroatoms. The van der Waals surface area contributed by atoms with Crippen molar-refractivity contribution in [1.29, 1.82) is 0 Å². The molecule has 0 saturated carbocycles. The molecule has 214 valence electrons. The van der Waals surface area contributed by atoms with Crippen molar-refractivity contribution in [3.05, 3.63) is 0 Å². The molecule has 0 saturated heterocycles. The van der Waals surface area contributed by atoms with Crippen molar-refractivity contribution in [3.63, 3.8) is 0 Å². The number of carbonyl (C=O) groups is 1. The Labute approximate surface area is 223 Å². The Morgan fingerprint density at radius 3 is 0.886 bits per heavy atom. The molecule has 0 radical (unpaired) electrons. The molecule has 35 heavy (non-hydrogen) atoms. The van der Waals surface area contributed by atoms with E-state index in [9.17, 15) is 0 Å². The third-order valence-corrected chi connectivity index (χ3v) is 16.1. The van der Waals surface area contributed by atoms with Gasteiger partial charge in [0.25, 0.3) is 5.97 Å². The van der Waals surface area contributed by atoms with Crippen LogP contribution in [0.1, 0.15) is 170 Å². The Bertz CT molecular complexity index is 401. The molecular weight excluding hydrogens is 447 g/mol. The van der Waals surface area contributed by atoms with Crippen molar-refractivity contribution >= 4 is 12.6 Å². The minimum absolute atomic E-state index is 0.833. The molecule has 0 aromatic rings. The molecule has 0 aromatic carbocycles. The van der Waals surface area contributed by atoms with E-state index >= 15 is 0 Å². The van der Waals surface area contributed by atoms with Gasteiger partial charge in [-0.3, -0.25) is 4.79 Å². The number of rotatable bonds is 25. The summed E-state index contributed by atoms with van der Waals surface area (Å²) in [6, 6.07) is 0. The van der Waals surface area contributed by atoms with E-state index in [2.05, 4.69) is 34.6 Å². The van der Waals surface area contributed by atoms with E-state index in [0.29, 0.717) is 0 Å². The average molecular weight is 517 g/mol. The van der Waals surface area contributed by atoms with Crippen LogP contribution in [0.15, 0.2) is 0 Å². The van der Waals surface area contributed by atoms with Crippen LogP contribution in [-0.2, 0) is 4.79 Å². The van der Waals surface area contributed by atoms with Crippen molar-refractivity contribution in [1.82, 2.24) is 0 Å². The first kappa shape index (κ1) is 37.1. The zero-order chi connectivity index (χ0) is 26.7. The average Bonchev–Trinajstić information content (AvgIpc) is 2.84. The molecule has 0 bridgehead atoms. The normalized spacial score (nSPS) is 12.6. The van der Waals surface area contributed by atoms with Gasteiger partial charge in [-0.1, -0.05) is 13.3 Å². The molecule has 0 aliphatic rings. The van der Waals surface area contributed by atoms with Gasteiger partial charge in [-0.05, 0) is 0 Å². The van der Waals surface area contributed by atoms with E-state index in [-0.39, 0.29) is 0 Å². The molecule has 0 heterocycles. The van der Waals surface area contributed by atoms with Gasteiger partial charge in [0.1, 0.15) is 0 Å². The summed E-state index contributed by atoms with van der Waals surface area (Å²) in [7, 11) is 0. The standard InChI is InChI=1S/C30H65P.C2H4O2/c1-6-11-16-17-18-19-20-21-22-23-24-25-30-31(26-12-7-2,27-13-8-3,28-14-9-4)29-15-10-5;1-2(3)4/h6-30H2,1-5H3;1H3,(H,3,4).